The van der Waals surface area contributed by atoms with Gasteiger partial charge >= 0.3 is 5.97 Å². The minimum Gasteiger partial charge on any atom is -0.480 e. The summed E-state index contributed by atoms with van der Waals surface area (Å²) in [6.07, 6.45) is 4.88. The summed E-state index contributed by atoms with van der Waals surface area (Å²) < 4.78 is 4.95. The van der Waals surface area contributed by atoms with E-state index in [0.717, 1.165) is 24.8 Å². The second-order valence-corrected chi connectivity index (χ2v) is 7.22. The molecule has 1 amide bonds. The summed E-state index contributed by atoms with van der Waals surface area (Å²) in [5.41, 5.74) is 0.657. The van der Waals surface area contributed by atoms with E-state index in [1.54, 1.807) is 0 Å². The molecule has 1 aromatic carbocycles. The maximum absolute atomic E-state index is 13.1. The molecular weight excluding hydrogens is 306 g/mol. The SMILES string of the molecule is COCC(NC(=O)C1(Cc2ccccc2)CC2CCC1C2)C(=O)O. The molecule has 4 atom stereocenters. The van der Waals surface area contributed by atoms with Gasteiger partial charge in [0, 0.05) is 7.11 Å². The molecule has 5 heteroatoms. The van der Waals surface area contributed by atoms with Crippen LogP contribution < -0.4 is 5.32 Å². The van der Waals surface area contributed by atoms with Gasteiger partial charge in [0.1, 0.15) is 0 Å². The molecule has 2 fully saturated rings. The number of hydrogen-bond acceptors (Lipinski definition) is 3. The molecule has 0 saturated heterocycles. The van der Waals surface area contributed by atoms with Gasteiger partial charge in [-0.15, -0.1) is 0 Å². The van der Waals surface area contributed by atoms with Crippen LogP contribution in [0.5, 0.6) is 0 Å². The van der Waals surface area contributed by atoms with Gasteiger partial charge in [0.05, 0.1) is 12.0 Å². The molecule has 0 spiro atoms. The fourth-order valence-electron chi connectivity index (χ4n) is 4.62. The van der Waals surface area contributed by atoms with Gasteiger partial charge < -0.3 is 15.2 Å². The van der Waals surface area contributed by atoms with E-state index in [9.17, 15) is 14.7 Å². The summed E-state index contributed by atoms with van der Waals surface area (Å²) in [5.74, 6) is -0.235. The number of hydrogen-bond donors (Lipinski definition) is 2. The number of carbonyl (C=O) groups excluding carboxylic acids is 1. The van der Waals surface area contributed by atoms with Crippen LogP contribution in [0.4, 0.5) is 0 Å². The Bertz CT molecular complexity index is 603. The molecule has 2 aliphatic carbocycles. The highest BCUT2D eigenvalue weighted by molar-refractivity contribution is 5.88. The van der Waals surface area contributed by atoms with Crippen LogP contribution in [0.25, 0.3) is 0 Å². The van der Waals surface area contributed by atoms with Crippen LogP contribution in [0.2, 0.25) is 0 Å². The van der Waals surface area contributed by atoms with E-state index in [2.05, 4.69) is 5.32 Å². The Morgan fingerprint density at radius 1 is 1.33 bits per heavy atom. The van der Waals surface area contributed by atoms with Gasteiger partial charge in [-0.25, -0.2) is 4.79 Å². The smallest absolute Gasteiger partial charge is 0.328 e. The highest BCUT2D eigenvalue weighted by Crippen LogP contribution is 2.57. The molecule has 2 aliphatic rings. The molecule has 0 radical (unpaired) electrons. The predicted molar refractivity (Wildman–Crippen MR) is 89.5 cm³/mol. The average Bonchev–Trinajstić information content (AvgIpc) is 3.16. The van der Waals surface area contributed by atoms with E-state index in [-0.39, 0.29) is 12.5 Å². The number of carbonyl (C=O) groups is 2. The van der Waals surface area contributed by atoms with Gasteiger partial charge in [0.15, 0.2) is 6.04 Å². The fourth-order valence-corrected chi connectivity index (χ4v) is 4.62. The lowest BCUT2D eigenvalue weighted by molar-refractivity contribution is -0.146. The van der Waals surface area contributed by atoms with Crippen molar-refractivity contribution in [3.63, 3.8) is 0 Å². The molecule has 0 aromatic heterocycles. The second kappa shape index (κ2) is 6.93. The van der Waals surface area contributed by atoms with Gasteiger partial charge in [-0.2, -0.15) is 0 Å². The van der Waals surface area contributed by atoms with Gasteiger partial charge in [0.2, 0.25) is 5.91 Å². The Morgan fingerprint density at radius 3 is 2.62 bits per heavy atom. The Labute approximate surface area is 142 Å². The Balaban J connectivity index is 1.82. The molecule has 24 heavy (non-hydrogen) atoms. The molecule has 1 aromatic rings. The second-order valence-electron chi connectivity index (χ2n) is 7.22. The normalized spacial score (nSPS) is 29.4. The zero-order chi connectivity index (χ0) is 17.2. The average molecular weight is 331 g/mol. The van der Waals surface area contributed by atoms with Crippen molar-refractivity contribution in [2.24, 2.45) is 17.3 Å². The molecule has 0 heterocycles. The Morgan fingerprint density at radius 2 is 2.08 bits per heavy atom. The number of carboxylic acids is 1. The van der Waals surface area contributed by atoms with Crippen LogP contribution in [-0.2, 0) is 20.7 Å². The molecule has 4 unspecified atom stereocenters. The topological polar surface area (TPSA) is 75.6 Å². The van der Waals surface area contributed by atoms with Crippen molar-refractivity contribution in [3.05, 3.63) is 35.9 Å². The molecule has 5 nitrogen and oxygen atoms in total. The summed E-state index contributed by atoms with van der Waals surface area (Å²) in [4.78, 5) is 24.5. The number of aliphatic carboxylic acids is 1. The van der Waals surface area contributed by atoms with Crippen LogP contribution in [0.3, 0.4) is 0 Å². The number of ether oxygens (including phenoxy) is 1. The number of carboxylic acid groups (broad SMARTS) is 1. The monoisotopic (exact) mass is 331 g/mol. The minimum absolute atomic E-state index is 0.0173. The maximum Gasteiger partial charge on any atom is 0.328 e. The van der Waals surface area contributed by atoms with Crippen molar-refractivity contribution in [2.75, 3.05) is 13.7 Å². The predicted octanol–water partition coefficient (Wildman–Crippen LogP) is 2.25. The van der Waals surface area contributed by atoms with E-state index in [0.29, 0.717) is 18.3 Å². The third-order valence-electron chi connectivity index (χ3n) is 5.73. The summed E-state index contributed by atoms with van der Waals surface area (Å²) >= 11 is 0. The lowest BCUT2D eigenvalue weighted by Crippen LogP contribution is -2.53. The molecule has 0 aliphatic heterocycles. The van der Waals surface area contributed by atoms with Crippen molar-refractivity contribution < 1.29 is 19.4 Å². The first kappa shape index (κ1) is 17.0. The van der Waals surface area contributed by atoms with E-state index in [1.807, 2.05) is 30.3 Å². The zero-order valence-corrected chi connectivity index (χ0v) is 14.0. The number of amides is 1. The van der Waals surface area contributed by atoms with Crippen LogP contribution >= 0.6 is 0 Å². The molecule has 2 bridgehead atoms. The fraction of sp³-hybridized carbons (Fsp3) is 0.579. The van der Waals surface area contributed by atoms with E-state index in [1.165, 1.54) is 13.5 Å². The third kappa shape index (κ3) is 3.18. The number of methoxy groups -OCH3 is 1. The lowest BCUT2D eigenvalue weighted by atomic mass is 9.68. The first-order valence-corrected chi connectivity index (χ1v) is 8.62. The quantitative estimate of drug-likeness (QED) is 0.803. The van der Waals surface area contributed by atoms with Crippen LogP contribution in [-0.4, -0.2) is 36.7 Å². The van der Waals surface area contributed by atoms with Crippen LogP contribution in [0, 0.1) is 17.3 Å². The highest BCUT2D eigenvalue weighted by Gasteiger charge is 2.55. The first-order valence-electron chi connectivity index (χ1n) is 8.62. The van der Waals surface area contributed by atoms with Gasteiger partial charge in [0.25, 0.3) is 0 Å². The van der Waals surface area contributed by atoms with Crippen molar-refractivity contribution in [3.8, 4) is 0 Å². The maximum atomic E-state index is 13.1. The van der Waals surface area contributed by atoms with Crippen LogP contribution in [0.1, 0.15) is 31.2 Å². The number of rotatable bonds is 7. The van der Waals surface area contributed by atoms with Crippen LogP contribution in [0.15, 0.2) is 30.3 Å². The number of nitrogens with one attached hydrogen (secondary N) is 1. The van der Waals surface area contributed by atoms with Crippen molar-refractivity contribution in [1.82, 2.24) is 5.32 Å². The third-order valence-corrected chi connectivity index (χ3v) is 5.73. The zero-order valence-electron chi connectivity index (χ0n) is 14.0. The van der Waals surface area contributed by atoms with E-state index < -0.39 is 17.4 Å². The summed E-state index contributed by atoms with van der Waals surface area (Å²) in [6.45, 7) is -0.0173. The number of fused-ring (bicyclic) bond motifs is 2. The Kier molecular flexibility index (Phi) is 4.90. The largest absolute Gasteiger partial charge is 0.480 e. The van der Waals surface area contributed by atoms with Gasteiger partial charge in [-0.3, -0.25) is 4.79 Å². The summed E-state index contributed by atoms with van der Waals surface area (Å²) in [6, 6.07) is 9.04. The highest BCUT2D eigenvalue weighted by atomic mass is 16.5. The van der Waals surface area contributed by atoms with E-state index in [4.69, 9.17) is 4.74 Å². The van der Waals surface area contributed by atoms with Crippen molar-refractivity contribution in [2.45, 2.75) is 38.1 Å². The molecule has 3 rings (SSSR count). The molecule has 130 valence electrons. The van der Waals surface area contributed by atoms with Gasteiger partial charge in [-0.1, -0.05) is 36.8 Å². The minimum atomic E-state index is -1.05. The summed E-state index contributed by atoms with van der Waals surface area (Å²) in [7, 11) is 1.44. The van der Waals surface area contributed by atoms with Crippen molar-refractivity contribution in [1.29, 1.82) is 0 Å². The first-order chi connectivity index (χ1) is 11.5. The molecular formula is C19H25NO4. The molecule has 2 saturated carbocycles. The Hall–Kier alpha value is -1.88. The molecule has 2 N–H and O–H groups in total. The lowest BCUT2D eigenvalue weighted by Gasteiger charge is -2.37. The standard InChI is InChI=1S/C19H25NO4/c1-24-12-16(17(21)22)20-18(23)19(10-13-5-3-2-4-6-13)11-14-7-8-15(19)9-14/h2-6,14-16H,7-12H2,1H3,(H,20,23)(H,21,22). The number of benzene rings is 1. The summed E-state index contributed by atoms with van der Waals surface area (Å²) in [5, 5.41) is 12.0. The van der Waals surface area contributed by atoms with Gasteiger partial charge in [-0.05, 0) is 43.1 Å². The van der Waals surface area contributed by atoms with E-state index >= 15 is 0 Å². The van der Waals surface area contributed by atoms with Crippen molar-refractivity contribution >= 4 is 11.9 Å².